The summed E-state index contributed by atoms with van der Waals surface area (Å²) in [7, 11) is 1.94. The maximum absolute atomic E-state index is 5.69. The Labute approximate surface area is 106 Å². The molecule has 88 valence electrons. The highest BCUT2D eigenvalue weighted by atomic mass is 79.9. The summed E-state index contributed by atoms with van der Waals surface area (Å²) < 4.78 is 6.53. The molecule has 1 aromatic rings. The zero-order valence-corrected chi connectivity index (χ0v) is 11.6. The Bertz CT molecular complexity index is 376. The largest absolute Gasteiger partial charge is 0.488 e. The van der Waals surface area contributed by atoms with Crippen LogP contribution in [0.5, 0.6) is 5.75 Å². The molecule has 0 aliphatic rings. The van der Waals surface area contributed by atoms with Gasteiger partial charge in [-0.25, -0.2) is 0 Å². The number of benzene rings is 1. The van der Waals surface area contributed by atoms with Gasteiger partial charge in [-0.3, -0.25) is 0 Å². The summed E-state index contributed by atoms with van der Waals surface area (Å²) in [5.41, 5.74) is 2.42. The summed E-state index contributed by atoms with van der Waals surface area (Å²) in [6.45, 7) is 8.45. The first-order chi connectivity index (χ1) is 7.54. The monoisotopic (exact) mass is 283 g/mol. The molecule has 0 spiro atoms. The fraction of sp³-hybridized carbons (Fsp3) is 0.385. The molecule has 0 heterocycles. The van der Waals surface area contributed by atoms with Gasteiger partial charge >= 0.3 is 0 Å². The molecule has 0 radical (unpaired) electrons. The Morgan fingerprint density at radius 1 is 1.56 bits per heavy atom. The van der Waals surface area contributed by atoms with Crippen LogP contribution in [0.1, 0.15) is 24.1 Å². The van der Waals surface area contributed by atoms with Crippen LogP contribution in [0.25, 0.3) is 0 Å². The highest BCUT2D eigenvalue weighted by molar-refractivity contribution is 9.11. The smallest absolute Gasteiger partial charge is 0.124 e. The van der Waals surface area contributed by atoms with Gasteiger partial charge in [0.2, 0.25) is 0 Å². The SMILES string of the molecule is C=C(Br)COc1ccc(C)cc1C(C)NC. The average molecular weight is 284 g/mol. The summed E-state index contributed by atoms with van der Waals surface area (Å²) in [6, 6.07) is 6.48. The topological polar surface area (TPSA) is 21.3 Å². The third kappa shape index (κ3) is 3.65. The molecule has 0 aliphatic heterocycles. The predicted octanol–water partition coefficient (Wildman–Crippen LogP) is 3.56. The Hall–Kier alpha value is -0.800. The van der Waals surface area contributed by atoms with Gasteiger partial charge in [-0.2, -0.15) is 0 Å². The molecule has 0 aliphatic carbocycles. The lowest BCUT2D eigenvalue weighted by atomic mass is 10.0. The van der Waals surface area contributed by atoms with Crippen molar-refractivity contribution in [1.82, 2.24) is 5.32 Å². The predicted molar refractivity (Wildman–Crippen MR) is 72.2 cm³/mol. The summed E-state index contributed by atoms with van der Waals surface area (Å²) in [4.78, 5) is 0. The van der Waals surface area contributed by atoms with Gasteiger partial charge in [-0.15, -0.1) is 0 Å². The summed E-state index contributed by atoms with van der Waals surface area (Å²) in [5, 5.41) is 3.22. The van der Waals surface area contributed by atoms with Gasteiger partial charge in [0.05, 0.1) is 0 Å². The second-order valence-electron chi connectivity index (χ2n) is 3.86. The molecule has 3 heteroatoms. The van der Waals surface area contributed by atoms with E-state index in [-0.39, 0.29) is 6.04 Å². The van der Waals surface area contributed by atoms with Crippen LogP contribution in [-0.4, -0.2) is 13.7 Å². The first-order valence-corrected chi connectivity index (χ1v) is 6.07. The normalized spacial score (nSPS) is 12.2. The highest BCUT2D eigenvalue weighted by Gasteiger charge is 2.10. The Kier molecular flexibility index (Phi) is 5.03. The van der Waals surface area contributed by atoms with E-state index in [9.17, 15) is 0 Å². The fourth-order valence-corrected chi connectivity index (χ4v) is 1.56. The number of nitrogens with one attached hydrogen (secondary N) is 1. The van der Waals surface area contributed by atoms with Gasteiger partial charge in [-0.1, -0.05) is 40.2 Å². The molecule has 0 fully saturated rings. The van der Waals surface area contributed by atoms with Crippen molar-refractivity contribution < 1.29 is 4.74 Å². The van der Waals surface area contributed by atoms with E-state index in [2.05, 4.69) is 53.8 Å². The molecular formula is C13H18BrNO. The van der Waals surface area contributed by atoms with Crippen LogP contribution >= 0.6 is 15.9 Å². The quantitative estimate of drug-likeness (QED) is 0.892. The van der Waals surface area contributed by atoms with Crippen molar-refractivity contribution in [2.45, 2.75) is 19.9 Å². The Morgan fingerprint density at radius 3 is 2.81 bits per heavy atom. The first kappa shape index (κ1) is 13.3. The minimum Gasteiger partial charge on any atom is -0.488 e. The third-order valence-electron chi connectivity index (χ3n) is 2.45. The van der Waals surface area contributed by atoms with Crippen molar-refractivity contribution in [3.8, 4) is 5.75 Å². The second-order valence-corrected chi connectivity index (χ2v) is 4.98. The maximum Gasteiger partial charge on any atom is 0.124 e. The molecule has 0 amide bonds. The Balaban J connectivity index is 2.93. The second kappa shape index (κ2) is 6.06. The van der Waals surface area contributed by atoms with Crippen LogP contribution in [0.3, 0.4) is 0 Å². The van der Waals surface area contributed by atoms with Crippen molar-refractivity contribution in [3.05, 3.63) is 40.4 Å². The molecule has 0 aromatic heterocycles. The van der Waals surface area contributed by atoms with Gasteiger partial charge in [0.1, 0.15) is 12.4 Å². The first-order valence-electron chi connectivity index (χ1n) is 5.28. The van der Waals surface area contributed by atoms with Crippen molar-refractivity contribution >= 4 is 15.9 Å². The number of hydrogen-bond donors (Lipinski definition) is 1. The number of halogens is 1. The number of ether oxygens (including phenoxy) is 1. The Morgan fingerprint density at radius 2 is 2.25 bits per heavy atom. The van der Waals surface area contributed by atoms with Crippen molar-refractivity contribution in [3.63, 3.8) is 0 Å². The molecule has 2 nitrogen and oxygen atoms in total. The van der Waals surface area contributed by atoms with Crippen molar-refractivity contribution in [1.29, 1.82) is 0 Å². The van der Waals surface area contributed by atoms with Gasteiger partial charge in [0.15, 0.2) is 0 Å². The molecule has 16 heavy (non-hydrogen) atoms. The zero-order chi connectivity index (χ0) is 12.1. The lowest BCUT2D eigenvalue weighted by molar-refractivity contribution is 0.353. The number of aryl methyl sites for hydroxylation is 1. The summed E-state index contributed by atoms with van der Waals surface area (Å²) in [5.74, 6) is 0.910. The van der Waals surface area contributed by atoms with E-state index in [0.717, 1.165) is 10.2 Å². The minimum atomic E-state index is 0.276. The number of hydrogen-bond acceptors (Lipinski definition) is 2. The van der Waals surface area contributed by atoms with Gasteiger partial charge < -0.3 is 10.1 Å². The van der Waals surface area contributed by atoms with E-state index in [4.69, 9.17) is 4.74 Å². The van der Waals surface area contributed by atoms with Crippen LogP contribution in [0.4, 0.5) is 0 Å². The molecule has 0 bridgehead atoms. The highest BCUT2D eigenvalue weighted by Crippen LogP contribution is 2.26. The molecule has 1 N–H and O–H groups in total. The van der Waals surface area contributed by atoms with Crippen LogP contribution < -0.4 is 10.1 Å². The lowest BCUT2D eigenvalue weighted by Crippen LogP contribution is -2.14. The van der Waals surface area contributed by atoms with Crippen LogP contribution in [-0.2, 0) is 0 Å². The fourth-order valence-electron chi connectivity index (χ4n) is 1.45. The van der Waals surface area contributed by atoms with E-state index in [1.54, 1.807) is 0 Å². The molecule has 1 rings (SSSR count). The van der Waals surface area contributed by atoms with Crippen LogP contribution in [0, 0.1) is 6.92 Å². The zero-order valence-electron chi connectivity index (χ0n) is 10.0. The molecular weight excluding hydrogens is 266 g/mol. The van der Waals surface area contributed by atoms with E-state index in [1.807, 2.05) is 13.1 Å². The molecule has 0 saturated carbocycles. The minimum absolute atomic E-state index is 0.276. The summed E-state index contributed by atoms with van der Waals surface area (Å²) in [6.07, 6.45) is 0. The molecule has 0 saturated heterocycles. The standard InChI is InChI=1S/C13H18BrNO/c1-9-5-6-13(16-8-10(2)14)12(7-9)11(3)15-4/h5-7,11,15H,2,8H2,1,3-4H3. The maximum atomic E-state index is 5.69. The molecule has 1 unspecified atom stereocenters. The van der Waals surface area contributed by atoms with E-state index < -0.39 is 0 Å². The van der Waals surface area contributed by atoms with Crippen LogP contribution in [0.2, 0.25) is 0 Å². The molecule has 1 aromatic carbocycles. The van der Waals surface area contributed by atoms with Crippen LogP contribution in [0.15, 0.2) is 29.3 Å². The van der Waals surface area contributed by atoms with Gasteiger partial charge in [0.25, 0.3) is 0 Å². The van der Waals surface area contributed by atoms with E-state index in [1.165, 1.54) is 11.1 Å². The van der Waals surface area contributed by atoms with Crippen molar-refractivity contribution in [2.75, 3.05) is 13.7 Å². The number of rotatable bonds is 5. The van der Waals surface area contributed by atoms with Gasteiger partial charge in [-0.05, 0) is 27.0 Å². The summed E-state index contributed by atoms with van der Waals surface area (Å²) >= 11 is 3.29. The lowest BCUT2D eigenvalue weighted by Gasteiger charge is -2.17. The van der Waals surface area contributed by atoms with E-state index in [0.29, 0.717) is 6.61 Å². The third-order valence-corrected chi connectivity index (χ3v) is 2.68. The van der Waals surface area contributed by atoms with Crippen molar-refractivity contribution in [2.24, 2.45) is 0 Å². The molecule has 1 atom stereocenters. The van der Waals surface area contributed by atoms with E-state index >= 15 is 0 Å². The average Bonchev–Trinajstić information content (AvgIpc) is 2.26. The van der Waals surface area contributed by atoms with Gasteiger partial charge in [0, 0.05) is 16.1 Å².